The van der Waals surface area contributed by atoms with Crippen LogP contribution in [0, 0.1) is 0 Å². The molecule has 0 heterocycles. The van der Waals surface area contributed by atoms with Crippen LogP contribution in [-0.4, -0.2) is 52.7 Å². The highest BCUT2D eigenvalue weighted by atomic mass is 127. The van der Waals surface area contributed by atoms with Gasteiger partial charge in [0.15, 0.2) is 0 Å². The molecule has 0 aliphatic heterocycles. The first-order valence-electron chi connectivity index (χ1n) is 12.7. The van der Waals surface area contributed by atoms with Crippen molar-refractivity contribution in [3.63, 3.8) is 0 Å². The van der Waals surface area contributed by atoms with Crippen molar-refractivity contribution in [1.82, 2.24) is 0 Å². The zero-order valence-electron chi connectivity index (χ0n) is 23.6. The Bertz CT molecular complexity index is 1660. The second-order valence-corrected chi connectivity index (χ2v) is 14.7. The summed E-state index contributed by atoms with van der Waals surface area (Å²) in [6, 6.07) is 12.9. The highest BCUT2D eigenvalue weighted by Gasteiger charge is 2.28. The van der Waals surface area contributed by atoms with E-state index < -0.39 is 43.2 Å². The summed E-state index contributed by atoms with van der Waals surface area (Å²) in [7, 11) is 0. The molecule has 3 aromatic rings. The Morgan fingerprint density at radius 1 is 0.733 bits per heavy atom. The third-order valence-electron chi connectivity index (χ3n) is 5.44. The molecular weight excluding hydrogens is 933 g/mol. The van der Waals surface area contributed by atoms with Gasteiger partial charge in [-0.3, -0.25) is 14.4 Å². The Hall–Kier alpha value is -3.33. The fourth-order valence-electron chi connectivity index (χ4n) is 3.26. The quantitative estimate of drug-likeness (QED) is 0.103. The van der Waals surface area contributed by atoms with E-state index in [1.165, 1.54) is 30.3 Å². The van der Waals surface area contributed by atoms with Gasteiger partial charge in [0.25, 0.3) is 0 Å². The molecule has 0 fully saturated rings. The molecule has 0 aliphatic rings. The van der Waals surface area contributed by atoms with Gasteiger partial charge in [0.05, 0.1) is 4.43 Å². The Morgan fingerprint density at radius 3 is 1.76 bits per heavy atom. The number of carbonyl (C=O) groups excluding carboxylic acids is 5. The zero-order chi connectivity index (χ0) is 33.5. The van der Waals surface area contributed by atoms with Crippen LogP contribution in [-0.2, 0) is 14.4 Å². The molecule has 1 unspecified atom stereocenters. The number of halogens is 3. The number of rotatable bonds is 11. The van der Waals surface area contributed by atoms with E-state index in [1.807, 2.05) is 67.8 Å². The number of para-hydroxylation sites is 1. The van der Waals surface area contributed by atoms with Crippen molar-refractivity contribution in [2.45, 2.75) is 28.1 Å². The van der Waals surface area contributed by atoms with Crippen molar-refractivity contribution in [3.05, 3.63) is 77.4 Å². The van der Waals surface area contributed by atoms with Crippen LogP contribution in [0.5, 0.6) is 28.7 Å². The number of hydrogen-bond acceptors (Lipinski definition) is 11. The molecule has 0 saturated heterocycles. The first kappa shape index (κ1) is 36.1. The first-order chi connectivity index (χ1) is 21.1. The van der Waals surface area contributed by atoms with E-state index in [4.69, 9.17) is 23.7 Å². The number of carboxylic acids is 1. The third kappa shape index (κ3) is 10.1. The van der Waals surface area contributed by atoms with Crippen LogP contribution in [0.15, 0.2) is 60.7 Å². The normalized spacial score (nSPS) is 11.5. The fraction of sp³-hybridized carbons (Fsp3) is 0.200. The zero-order valence-corrected chi connectivity index (χ0v) is 30.1. The van der Waals surface area contributed by atoms with E-state index in [-0.39, 0.29) is 49.9 Å². The molecule has 0 aliphatic carbocycles. The lowest BCUT2D eigenvalue weighted by Gasteiger charge is -2.16. The molecule has 0 saturated carbocycles. The minimum Gasteiger partial charge on any atom is -0.478 e. The van der Waals surface area contributed by atoms with E-state index in [2.05, 4.69) is 0 Å². The molecule has 3 aromatic carbocycles. The lowest BCUT2D eigenvalue weighted by atomic mass is 10.1. The van der Waals surface area contributed by atoms with Gasteiger partial charge in [-0.2, -0.15) is 0 Å². The SMILES string of the molecule is CC(I)C(=O)Oc1cc(OC(=O)c2ccccc2OC(=O)CI)ccc1C(=O)Oc1ccc(C(=O)O)c(OC(=O)C(C)(C)I)c1. The molecule has 45 heavy (non-hydrogen) atoms. The van der Waals surface area contributed by atoms with Crippen molar-refractivity contribution in [2.75, 3.05) is 4.43 Å². The number of benzene rings is 3. The van der Waals surface area contributed by atoms with Gasteiger partial charge in [-0.15, -0.1) is 0 Å². The molecule has 0 spiro atoms. The molecule has 12 nitrogen and oxygen atoms in total. The van der Waals surface area contributed by atoms with Crippen molar-refractivity contribution in [3.8, 4) is 28.7 Å². The maximum atomic E-state index is 13.2. The van der Waals surface area contributed by atoms with E-state index in [9.17, 15) is 33.9 Å². The summed E-state index contributed by atoms with van der Waals surface area (Å²) >= 11 is 5.46. The number of aromatic carboxylic acids is 1. The molecule has 0 bridgehead atoms. The molecule has 1 N–H and O–H groups in total. The monoisotopic (exact) mass is 956 g/mol. The van der Waals surface area contributed by atoms with Gasteiger partial charge in [0, 0.05) is 12.1 Å². The van der Waals surface area contributed by atoms with E-state index in [1.54, 1.807) is 32.9 Å². The summed E-state index contributed by atoms with van der Waals surface area (Å²) in [5, 5.41) is 9.52. The van der Waals surface area contributed by atoms with Gasteiger partial charge in [0.1, 0.15) is 52.8 Å². The minimum absolute atomic E-state index is 0.0178. The standard InChI is InChI=1S/C30H23I3O12/c1-15(32)26(37)44-23-13-17(41-27(38)19-6-4-5-7-21(19)43-24(34)14-31)9-11-20(23)28(39)42-16-8-10-18(25(35)36)22(12-16)45-29(40)30(2,3)33/h4-13,15H,14H2,1-3H3,(H,35,36). The average Bonchev–Trinajstić information content (AvgIpc) is 2.96. The number of alkyl halides is 3. The Morgan fingerprint density at radius 2 is 1.24 bits per heavy atom. The van der Waals surface area contributed by atoms with Gasteiger partial charge in [-0.05, 0) is 57.2 Å². The molecule has 15 heteroatoms. The van der Waals surface area contributed by atoms with Gasteiger partial charge < -0.3 is 28.8 Å². The number of hydrogen-bond donors (Lipinski definition) is 1. The average molecular weight is 956 g/mol. The Labute approximate surface area is 297 Å². The summed E-state index contributed by atoms with van der Waals surface area (Å²) in [6.45, 7) is 4.70. The summed E-state index contributed by atoms with van der Waals surface area (Å²) in [5.74, 6) is -6.27. The van der Waals surface area contributed by atoms with Gasteiger partial charge in [-0.1, -0.05) is 79.9 Å². The second-order valence-electron chi connectivity index (χ2n) is 9.40. The Balaban J connectivity index is 1.93. The van der Waals surface area contributed by atoms with Crippen LogP contribution in [0.1, 0.15) is 51.8 Å². The lowest BCUT2D eigenvalue weighted by molar-refractivity contribution is -0.136. The van der Waals surface area contributed by atoms with Gasteiger partial charge in [-0.25, -0.2) is 14.4 Å². The van der Waals surface area contributed by atoms with Crippen molar-refractivity contribution in [1.29, 1.82) is 0 Å². The maximum absolute atomic E-state index is 13.2. The highest BCUT2D eigenvalue weighted by molar-refractivity contribution is 14.1. The van der Waals surface area contributed by atoms with Gasteiger partial charge >= 0.3 is 35.8 Å². The summed E-state index contributed by atoms with van der Waals surface area (Å²) < 4.78 is 25.1. The van der Waals surface area contributed by atoms with E-state index in [0.29, 0.717) is 0 Å². The second kappa shape index (κ2) is 15.8. The number of ether oxygens (including phenoxy) is 5. The minimum atomic E-state index is -1.38. The Kier molecular flexibility index (Phi) is 12.7. The van der Waals surface area contributed by atoms with Crippen LogP contribution in [0.3, 0.4) is 0 Å². The smallest absolute Gasteiger partial charge is 0.347 e. The maximum Gasteiger partial charge on any atom is 0.347 e. The molecular formula is C30H23I3O12. The molecule has 1 atom stereocenters. The predicted octanol–water partition coefficient (Wildman–Crippen LogP) is 6.01. The van der Waals surface area contributed by atoms with Crippen LogP contribution < -0.4 is 23.7 Å². The third-order valence-corrected chi connectivity index (χ3v) is 7.01. The molecule has 0 radical (unpaired) electrons. The van der Waals surface area contributed by atoms with Crippen molar-refractivity contribution >= 4 is 104 Å². The largest absolute Gasteiger partial charge is 0.478 e. The number of esters is 5. The topological polar surface area (TPSA) is 169 Å². The molecule has 236 valence electrons. The summed E-state index contributed by atoms with van der Waals surface area (Å²) in [6.07, 6.45) is 0. The van der Waals surface area contributed by atoms with E-state index >= 15 is 0 Å². The fourth-order valence-corrected chi connectivity index (χ4v) is 3.65. The number of carbonyl (C=O) groups is 6. The van der Waals surface area contributed by atoms with Crippen LogP contribution in [0.25, 0.3) is 0 Å². The number of carboxylic acid groups (broad SMARTS) is 1. The van der Waals surface area contributed by atoms with Crippen molar-refractivity contribution in [2.24, 2.45) is 0 Å². The van der Waals surface area contributed by atoms with Crippen LogP contribution >= 0.6 is 67.8 Å². The molecule has 0 amide bonds. The van der Waals surface area contributed by atoms with Gasteiger partial charge in [0.2, 0.25) is 0 Å². The van der Waals surface area contributed by atoms with Crippen LogP contribution in [0.4, 0.5) is 0 Å². The summed E-state index contributed by atoms with van der Waals surface area (Å²) in [4.78, 5) is 74.5. The van der Waals surface area contributed by atoms with E-state index in [0.717, 1.165) is 18.2 Å². The predicted molar refractivity (Wildman–Crippen MR) is 184 cm³/mol. The van der Waals surface area contributed by atoms with Crippen LogP contribution in [0.2, 0.25) is 0 Å². The highest BCUT2D eigenvalue weighted by Crippen LogP contribution is 2.32. The lowest BCUT2D eigenvalue weighted by Crippen LogP contribution is -2.29. The molecule has 0 aromatic heterocycles. The molecule has 3 rings (SSSR count). The first-order valence-corrected chi connectivity index (χ1v) is 16.5. The summed E-state index contributed by atoms with van der Waals surface area (Å²) in [5.41, 5.74) is -0.636. The van der Waals surface area contributed by atoms with Crippen molar-refractivity contribution < 1.29 is 57.6 Å².